The molecule has 0 saturated heterocycles. The van der Waals surface area contributed by atoms with Crippen LogP contribution in [0.4, 0.5) is 5.69 Å². The zero-order chi connectivity index (χ0) is 12.4. The predicted molar refractivity (Wildman–Crippen MR) is 72.2 cm³/mol. The number of rotatable bonds is 5. The lowest BCUT2D eigenvalue weighted by Crippen LogP contribution is -2.22. The third kappa shape index (κ3) is 2.81. The molecule has 0 heterocycles. The molecular weight excluding hydrogens is 210 g/mol. The monoisotopic (exact) mass is 233 g/mol. The molecule has 1 aliphatic rings. The Morgan fingerprint density at radius 2 is 2.06 bits per heavy atom. The van der Waals surface area contributed by atoms with Gasteiger partial charge in [0.15, 0.2) is 0 Å². The van der Waals surface area contributed by atoms with Crippen LogP contribution < -0.4 is 4.90 Å². The molecule has 2 rings (SSSR count). The number of aliphatic hydroxyl groups excluding tert-OH is 1. The normalized spacial score (nSPS) is 24.5. The number of benzene rings is 1. The number of para-hydroxylation sites is 1. The summed E-state index contributed by atoms with van der Waals surface area (Å²) in [6.45, 7) is 5.43. The fraction of sp³-hybridized carbons (Fsp3) is 0.600. The Balaban J connectivity index is 2.12. The molecule has 1 saturated carbocycles. The fourth-order valence-electron chi connectivity index (χ4n) is 2.44. The summed E-state index contributed by atoms with van der Waals surface area (Å²) in [6, 6.07) is 8.21. The third-order valence-corrected chi connectivity index (χ3v) is 3.88. The first-order valence-corrected chi connectivity index (χ1v) is 6.61. The van der Waals surface area contributed by atoms with Gasteiger partial charge in [-0.1, -0.05) is 32.0 Å². The van der Waals surface area contributed by atoms with Crippen LogP contribution in [0.3, 0.4) is 0 Å². The topological polar surface area (TPSA) is 23.5 Å². The van der Waals surface area contributed by atoms with Crippen LogP contribution in [0.5, 0.6) is 0 Å². The molecule has 2 nitrogen and oxygen atoms in total. The van der Waals surface area contributed by atoms with Crippen LogP contribution in [0.2, 0.25) is 0 Å². The standard InChI is InChI=1S/C15H23NO/c1-4-15(17)13-7-5-6-8-14(13)16(3)10-12-9-11(12)2/h5-8,11-12,15,17H,4,9-10H2,1-3H3/t11?,12?,15-/m0/s1. The molecule has 1 fully saturated rings. The van der Waals surface area contributed by atoms with E-state index in [4.69, 9.17) is 0 Å². The lowest BCUT2D eigenvalue weighted by Gasteiger charge is -2.24. The Labute approximate surface area is 104 Å². The molecule has 17 heavy (non-hydrogen) atoms. The molecule has 1 N–H and O–H groups in total. The number of aliphatic hydroxyl groups is 1. The molecule has 1 aromatic rings. The van der Waals surface area contributed by atoms with E-state index < -0.39 is 0 Å². The van der Waals surface area contributed by atoms with Crippen LogP contribution in [-0.2, 0) is 0 Å². The molecule has 0 aromatic heterocycles. The van der Waals surface area contributed by atoms with E-state index in [2.05, 4.69) is 24.9 Å². The SMILES string of the molecule is CC[C@H](O)c1ccccc1N(C)CC1CC1C. The largest absolute Gasteiger partial charge is 0.388 e. The lowest BCUT2D eigenvalue weighted by atomic mass is 10.0. The Hall–Kier alpha value is -1.02. The smallest absolute Gasteiger partial charge is 0.0807 e. The second kappa shape index (κ2) is 5.09. The Morgan fingerprint density at radius 1 is 1.41 bits per heavy atom. The van der Waals surface area contributed by atoms with Crippen LogP contribution in [0.1, 0.15) is 38.4 Å². The van der Waals surface area contributed by atoms with Crippen molar-refractivity contribution in [3.8, 4) is 0 Å². The van der Waals surface area contributed by atoms with E-state index >= 15 is 0 Å². The van der Waals surface area contributed by atoms with Crippen molar-refractivity contribution in [1.82, 2.24) is 0 Å². The zero-order valence-electron chi connectivity index (χ0n) is 11.1. The number of hydrogen-bond acceptors (Lipinski definition) is 2. The van der Waals surface area contributed by atoms with E-state index in [1.807, 2.05) is 25.1 Å². The second-order valence-electron chi connectivity index (χ2n) is 5.34. The van der Waals surface area contributed by atoms with E-state index in [0.717, 1.165) is 30.4 Å². The van der Waals surface area contributed by atoms with Crippen molar-refractivity contribution in [2.75, 3.05) is 18.5 Å². The molecule has 0 amide bonds. The maximum absolute atomic E-state index is 10.0. The van der Waals surface area contributed by atoms with Gasteiger partial charge in [-0.3, -0.25) is 0 Å². The molecule has 0 bridgehead atoms. The van der Waals surface area contributed by atoms with Gasteiger partial charge in [0.2, 0.25) is 0 Å². The molecule has 0 radical (unpaired) electrons. The van der Waals surface area contributed by atoms with E-state index in [-0.39, 0.29) is 6.10 Å². The summed E-state index contributed by atoms with van der Waals surface area (Å²) < 4.78 is 0. The summed E-state index contributed by atoms with van der Waals surface area (Å²) in [6.07, 6.45) is 1.78. The fourth-order valence-corrected chi connectivity index (χ4v) is 2.44. The molecule has 0 aliphatic heterocycles. The molecule has 1 aliphatic carbocycles. The first-order valence-electron chi connectivity index (χ1n) is 6.61. The molecule has 2 unspecified atom stereocenters. The van der Waals surface area contributed by atoms with Gasteiger partial charge in [0.1, 0.15) is 0 Å². The van der Waals surface area contributed by atoms with Crippen molar-refractivity contribution < 1.29 is 5.11 Å². The van der Waals surface area contributed by atoms with Gasteiger partial charge in [-0.05, 0) is 30.7 Å². The predicted octanol–water partition coefficient (Wildman–Crippen LogP) is 3.22. The minimum atomic E-state index is -0.342. The minimum Gasteiger partial charge on any atom is -0.388 e. The van der Waals surface area contributed by atoms with E-state index in [9.17, 15) is 5.11 Å². The maximum Gasteiger partial charge on any atom is 0.0807 e. The van der Waals surface area contributed by atoms with Gasteiger partial charge >= 0.3 is 0 Å². The minimum absolute atomic E-state index is 0.342. The lowest BCUT2D eigenvalue weighted by molar-refractivity contribution is 0.174. The average Bonchev–Trinajstić information content (AvgIpc) is 3.03. The quantitative estimate of drug-likeness (QED) is 0.844. The molecule has 2 heteroatoms. The van der Waals surface area contributed by atoms with Crippen molar-refractivity contribution in [2.45, 2.75) is 32.8 Å². The molecule has 0 spiro atoms. The van der Waals surface area contributed by atoms with Gasteiger partial charge in [0, 0.05) is 24.8 Å². The second-order valence-corrected chi connectivity index (χ2v) is 5.34. The summed E-state index contributed by atoms with van der Waals surface area (Å²) in [5.41, 5.74) is 2.24. The highest BCUT2D eigenvalue weighted by atomic mass is 16.3. The summed E-state index contributed by atoms with van der Waals surface area (Å²) in [7, 11) is 2.13. The van der Waals surface area contributed by atoms with Crippen molar-refractivity contribution >= 4 is 5.69 Å². The van der Waals surface area contributed by atoms with Crippen LogP contribution in [0.25, 0.3) is 0 Å². The Kier molecular flexibility index (Phi) is 3.72. The molecular formula is C15H23NO. The van der Waals surface area contributed by atoms with Gasteiger partial charge < -0.3 is 10.0 Å². The Bertz CT molecular complexity index is 377. The summed E-state index contributed by atoms with van der Waals surface area (Å²) in [4.78, 5) is 2.29. The summed E-state index contributed by atoms with van der Waals surface area (Å²) >= 11 is 0. The third-order valence-electron chi connectivity index (χ3n) is 3.88. The highest BCUT2D eigenvalue weighted by Crippen LogP contribution is 2.39. The molecule has 3 atom stereocenters. The maximum atomic E-state index is 10.0. The molecule has 94 valence electrons. The number of nitrogens with zero attached hydrogens (tertiary/aromatic N) is 1. The zero-order valence-corrected chi connectivity index (χ0v) is 11.1. The summed E-state index contributed by atoms with van der Waals surface area (Å²) in [5, 5.41) is 10.0. The number of anilines is 1. The van der Waals surface area contributed by atoms with Gasteiger partial charge in [-0.25, -0.2) is 0 Å². The first-order chi connectivity index (χ1) is 8.13. The van der Waals surface area contributed by atoms with Gasteiger partial charge in [0.05, 0.1) is 6.10 Å². The van der Waals surface area contributed by atoms with Gasteiger partial charge in [-0.2, -0.15) is 0 Å². The first kappa shape index (κ1) is 12.4. The van der Waals surface area contributed by atoms with Crippen molar-refractivity contribution in [1.29, 1.82) is 0 Å². The highest BCUT2D eigenvalue weighted by Gasteiger charge is 2.33. The van der Waals surface area contributed by atoms with Gasteiger partial charge in [-0.15, -0.1) is 0 Å². The van der Waals surface area contributed by atoms with E-state index in [1.54, 1.807) is 0 Å². The van der Waals surface area contributed by atoms with Crippen molar-refractivity contribution in [2.24, 2.45) is 11.8 Å². The van der Waals surface area contributed by atoms with Crippen molar-refractivity contribution in [3.63, 3.8) is 0 Å². The molecule has 1 aromatic carbocycles. The number of hydrogen-bond donors (Lipinski definition) is 1. The van der Waals surface area contributed by atoms with Crippen LogP contribution >= 0.6 is 0 Å². The highest BCUT2D eigenvalue weighted by molar-refractivity contribution is 5.54. The van der Waals surface area contributed by atoms with Crippen molar-refractivity contribution in [3.05, 3.63) is 29.8 Å². The van der Waals surface area contributed by atoms with Crippen LogP contribution in [-0.4, -0.2) is 18.7 Å². The van der Waals surface area contributed by atoms with E-state index in [0.29, 0.717) is 0 Å². The van der Waals surface area contributed by atoms with Crippen LogP contribution in [0.15, 0.2) is 24.3 Å². The Morgan fingerprint density at radius 3 is 2.65 bits per heavy atom. The summed E-state index contributed by atoms with van der Waals surface area (Å²) in [5.74, 6) is 1.72. The average molecular weight is 233 g/mol. The van der Waals surface area contributed by atoms with E-state index in [1.165, 1.54) is 12.1 Å². The van der Waals surface area contributed by atoms with Gasteiger partial charge in [0.25, 0.3) is 0 Å². The van der Waals surface area contributed by atoms with Crippen LogP contribution in [0, 0.1) is 11.8 Å².